The van der Waals surface area contributed by atoms with Crippen LogP contribution < -0.4 is 5.32 Å². The van der Waals surface area contributed by atoms with Crippen molar-refractivity contribution in [2.24, 2.45) is 0 Å². The van der Waals surface area contributed by atoms with Crippen LogP contribution in [0.5, 0.6) is 0 Å². The lowest BCUT2D eigenvalue weighted by Crippen LogP contribution is -2.27. The van der Waals surface area contributed by atoms with Crippen LogP contribution >= 0.6 is 15.9 Å². The van der Waals surface area contributed by atoms with Crippen molar-refractivity contribution in [3.63, 3.8) is 0 Å². The summed E-state index contributed by atoms with van der Waals surface area (Å²) in [5, 5.41) is 12.3. The normalized spacial score (nSPS) is 15.0. The predicted molar refractivity (Wildman–Crippen MR) is 62.2 cm³/mol. The van der Waals surface area contributed by atoms with Crippen LogP contribution in [0.3, 0.4) is 0 Å². The quantitative estimate of drug-likeness (QED) is 0.886. The Morgan fingerprint density at radius 3 is 2.67 bits per heavy atom. The molecule has 0 saturated heterocycles. The fourth-order valence-electron chi connectivity index (χ4n) is 1.31. The maximum atomic E-state index is 12.8. The largest absolute Gasteiger partial charge is 0.392 e. The van der Waals surface area contributed by atoms with Gasteiger partial charge in [0.05, 0.1) is 6.10 Å². The van der Waals surface area contributed by atoms with E-state index in [4.69, 9.17) is 5.11 Å². The first kappa shape index (κ1) is 12.6. The minimum atomic E-state index is -0.383. The van der Waals surface area contributed by atoms with Gasteiger partial charge in [0.2, 0.25) is 0 Å². The van der Waals surface area contributed by atoms with Gasteiger partial charge in [-0.25, -0.2) is 4.39 Å². The topological polar surface area (TPSA) is 32.3 Å². The van der Waals surface area contributed by atoms with Gasteiger partial charge in [0, 0.05) is 17.1 Å². The molecular weight excluding hydrogens is 261 g/mol. The van der Waals surface area contributed by atoms with E-state index in [2.05, 4.69) is 21.2 Å². The van der Waals surface area contributed by atoms with Crippen LogP contribution in [0.15, 0.2) is 22.7 Å². The highest BCUT2D eigenvalue weighted by atomic mass is 79.9. The Hall–Kier alpha value is -0.450. The zero-order chi connectivity index (χ0) is 11.4. The summed E-state index contributed by atoms with van der Waals surface area (Å²) in [6.45, 7) is 4.21. The molecule has 0 spiro atoms. The lowest BCUT2D eigenvalue weighted by molar-refractivity contribution is 0.187. The van der Waals surface area contributed by atoms with Crippen molar-refractivity contribution < 1.29 is 9.50 Å². The van der Waals surface area contributed by atoms with Crippen molar-refractivity contribution in [2.75, 3.05) is 6.54 Å². The Morgan fingerprint density at radius 1 is 1.47 bits per heavy atom. The van der Waals surface area contributed by atoms with Crippen molar-refractivity contribution in [1.82, 2.24) is 5.32 Å². The van der Waals surface area contributed by atoms with Gasteiger partial charge in [-0.15, -0.1) is 0 Å². The SMILES string of the molecule is CC(O)CNC(C)c1ccc(F)cc1Br. The van der Waals surface area contributed by atoms with Gasteiger partial charge >= 0.3 is 0 Å². The zero-order valence-corrected chi connectivity index (χ0v) is 10.4. The number of aliphatic hydroxyl groups excluding tert-OH is 1. The van der Waals surface area contributed by atoms with Crippen LogP contribution in [0, 0.1) is 5.82 Å². The van der Waals surface area contributed by atoms with E-state index in [9.17, 15) is 4.39 Å². The molecule has 0 radical (unpaired) electrons. The molecule has 2 atom stereocenters. The van der Waals surface area contributed by atoms with Crippen molar-refractivity contribution in [3.05, 3.63) is 34.1 Å². The average Bonchev–Trinajstić information content (AvgIpc) is 2.14. The molecule has 1 aromatic carbocycles. The standard InChI is InChI=1S/C11H15BrFNO/c1-7(15)6-14-8(2)10-4-3-9(13)5-11(10)12/h3-5,7-8,14-15H,6H2,1-2H3. The van der Waals surface area contributed by atoms with E-state index in [0.29, 0.717) is 6.54 Å². The minimum absolute atomic E-state index is 0.0783. The van der Waals surface area contributed by atoms with Crippen molar-refractivity contribution in [3.8, 4) is 0 Å². The van der Waals surface area contributed by atoms with Crippen LogP contribution in [-0.2, 0) is 0 Å². The molecule has 1 rings (SSSR count). The second-order valence-corrected chi connectivity index (χ2v) is 4.50. The summed E-state index contributed by atoms with van der Waals surface area (Å²) in [6, 6.07) is 4.69. The molecule has 0 bridgehead atoms. The molecular formula is C11H15BrFNO. The molecule has 2 unspecified atom stereocenters. The van der Waals surface area contributed by atoms with Crippen molar-refractivity contribution >= 4 is 15.9 Å². The lowest BCUT2D eigenvalue weighted by atomic mass is 10.1. The average molecular weight is 276 g/mol. The third-order valence-electron chi connectivity index (χ3n) is 2.15. The summed E-state index contributed by atoms with van der Waals surface area (Å²) < 4.78 is 13.6. The van der Waals surface area contributed by atoms with Crippen LogP contribution in [0.4, 0.5) is 4.39 Å². The molecule has 4 heteroatoms. The molecule has 0 amide bonds. The summed E-state index contributed by atoms with van der Waals surface area (Å²) in [5.41, 5.74) is 0.983. The smallest absolute Gasteiger partial charge is 0.124 e. The fraction of sp³-hybridized carbons (Fsp3) is 0.455. The van der Waals surface area contributed by atoms with E-state index in [1.54, 1.807) is 13.0 Å². The van der Waals surface area contributed by atoms with Crippen LogP contribution in [0.1, 0.15) is 25.5 Å². The lowest BCUT2D eigenvalue weighted by Gasteiger charge is -2.16. The minimum Gasteiger partial charge on any atom is -0.392 e. The van der Waals surface area contributed by atoms with Gasteiger partial charge in [-0.3, -0.25) is 0 Å². The van der Waals surface area contributed by atoms with Gasteiger partial charge < -0.3 is 10.4 Å². The zero-order valence-electron chi connectivity index (χ0n) is 8.80. The van der Waals surface area contributed by atoms with Crippen LogP contribution in [-0.4, -0.2) is 17.8 Å². The molecule has 0 aromatic heterocycles. The van der Waals surface area contributed by atoms with E-state index in [1.807, 2.05) is 6.92 Å². The Labute approximate surface area is 97.6 Å². The van der Waals surface area contributed by atoms with E-state index in [1.165, 1.54) is 12.1 Å². The molecule has 0 saturated carbocycles. The highest BCUT2D eigenvalue weighted by molar-refractivity contribution is 9.10. The van der Waals surface area contributed by atoms with E-state index in [-0.39, 0.29) is 18.0 Å². The second-order valence-electron chi connectivity index (χ2n) is 3.64. The first-order chi connectivity index (χ1) is 7.00. The van der Waals surface area contributed by atoms with Gasteiger partial charge in [0.1, 0.15) is 5.82 Å². The van der Waals surface area contributed by atoms with E-state index >= 15 is 0 Å². The second kappa shape index (κ2) is 5.58. The molecule has 1 aromatic rings. The molecule has 15 heavy (non-hydrogen) atoms. The molecule has 0 aliphatic rings. The van der Waals surface area contributed by atoms with Gasteiger partial charge in [-0.2, -0.15) is 0 Å². The third-order valence-corrected chi connectivity index (χ3v) is 2.84. The monoisotopic (exact) mass is 275 g/mol. The summed E-state index contributed by atoms with van der Waals surface area (Å²) in [7, 11) is 0. The summed E-state index contributed by atoms with van der Waals surface area (Å²) in [4.78, 5) is 0. The Balaban J connectivity index is 2.69. The molecule has 0 fully saturated rings. The number of aliphatic hydroxyl groups is 1. The summed E-state index contributed by atoms with van der Waals surface area (Å²) in [6.07, 6.45) is -0.383. The maximum absolute atomic E-state index is 12.8. The van der Waals surface area contributed by atoms with Crippen LogP contribution in [0.2, 0.25) is 0 Å². The van der Waals surface area contributed by atoms with Crippen molar-refractivity contribution in [1.29, 1.82) is 0 Å². The highest BCUT2D eigenvalue weighted by Crippen LogP contribution is 2.23. The molecule has 2 nitrogen and oxygen atoms in total. The number of rotatable bonds is 4. The first-order valence-electron chi connectivity index (χ1n) is 4.87. The number of hydrogen-bond donors (Lipinski definition) is 2. The van der Waals surface area contributed by atoms with Crippen molar-refractivity contribution in [2.45, 2.75) is 26.0 Å². The molecule has 84 valence electrons. The highest BCUT2D eigenvalue weighted by Gasteiger charge is 2.10. The Morgan fingerprint density at radius 2 is 2.13 bits per heavy atom. The van der Waals surface area contributed by atoms with Gasteiger partial charge in [-0.1, -0.05) is 22.0 Å². The van der Waals surface area contributed by atoms with E-state index < -0.39 is 0 Å². The number of hydrogen-bond acceptors (Lipinski definition) is 2. The number of nitrogens with one attached hydrogen (secondary N) is 1. The molecule has 0 aliphatic heterocycles. The summed E-state index contributed by atoms with van der Waals surface area (Å²) >= 11 is 3.31. The Bertz CT molecular complexity index is 330. The fourth-order valence-corrected chi connectivity index (χ4v) is 2.00. The number of benzene rings is 1. The molecule has 0 aliphatic carbocycles. The summed E-state index contributed by atoms with van der Waals surface area (Å²) in [5.74, 6) is -0.256. The number of halogens is 2. The van der Waals surface area contributed by atoms with Crippen LogP contribution in [0.25, 0.3) is 0 Å². The molecule has 2 N–H and O–H groups in total. The van der Waals surface area contributed by atoms with Gasteiger partial charge in [-0.05, 0) is 31.5 Å². The van der Waals surface area contributed by atoms with Gasteiger partial charge in [0.15, 0.2) is 0 Å². The van der Waals surface area contributed by atoms with Gasteiger partial charge in [0.25, 0.3) is 0 Å². The Kier molecular flexibility index (Phi) is 4.70. The van der Waals surface area contributed by atoms with E-state index in [0.717, 1.165) is 10.0 Å². The first-order valence-corrected chi connectivity index (χ1v) is 5.66. The third kappa shape index (κ3) is 3.89. The maximum Gasteiger partial charge on any atom is 0.124 e. The molecule has 0 heterocycles. The predicted octanol–water partition coefficient (Wildman–Crippen LogP) is 2.62.